The minimum absolute atomic E-state index is 0.275. The number of hydrogen-bond donors (Lipinski definition) is 2. The predicted octanol–water partition coefficient (Wildman–Crippen LogP) is -0.389. The fraction of sp³-hybridized carbons (Fsp3) is 0.875. The molecular formula is C8H16N2O2. The molecule has 0 amide bonds. The molecule has 1 rings (SSSR count). The second-order valence-corrected chi connectivity index (χ2v) is 3.45. The van der Waals surface area contributed by atoms with Crippen LogP contribution in [-0.2, 0) is 4.79 Å². The van der Waals surface area contributed by atoms with Crippen molar-refractivity contribution in [1.82, 2.24) is 10.2 Å². The maximum absolute atomic E-state index is 10.7. The third-order valence-corrected chi connectivity index (χ3v) is 2.41. The highest BCUT2D eigenvalue weighted by Gasteiger charge is 2.33. The minimum Gasteiger partial charge on any atom is -0.480 e. The van der Waals surface area contributed by atoms with E-state index < -0.39 is 5.97 Å². The van der Waals surface area contributed by atoms with Crippen molar-refractivity contribution in [2.24, 2.45) is 5.92 Å². The molecule has 0 aromatic carbocycles. The number of likely N-dealkylation sites (tertiary alicyclic amines) is 1. The average molecular weight is 172 g/mol. The van der Waals surface area contributed by atoms with Crippen LogP contribution in [0.15, 0.2) is 0 Å². The summed E-state index contributed by atoms with van der Waals surface area (Å²) in [5, 5.41) is 11.9. The molecule has 4 nitrogen and oxygen atoms in total. The smallest absolute Gasteiger partial charge is 0.320 e. The lowest BCUT2D eigenvalue weighted by molar-refractivity contribution is -0.141. The Morgan fingerprint density at radius 3 is 2.83 bits per heavy atom. The lowest BCUT2D eigenvalue weighted by Crippen LogP contribution is -2.32. The molecule has 0 aromatic heterocycles. The van der Waals surface area contributed by atoms with Crippen molar-refractivity contribution in [2.45, 2.75) is 12.5 Å². The molecule has 70 valence electrons. The van der Waals surface area contributed by atoms with E-state index >= 15 is 0 Å². The van der Waals surface area contributed by atoms with Gasteiger partial charge in [0.05, 0.1) is 0 Å². The van der Waals surface area contributed by atoms with E-state index in [-0.39, 0.29) is 6.04 Å². The van der Waals surface area contributed by atoms with Crippen LogP contribution in [-0.4, -0.2) is 49.2 Å². The van der Waals surface area contributed by atoms with E-state index in [4.69, 9.17) is 5.11 Å². The van der Waals surface area contributed by atoms with Crippen LogP contribution in [0.5, 0.6) is 0 Å². The number of carbonyl (C=O) groups is 1. The molecule has 0 aliphatic carbocycles. The standard InChI is InChI=1S/C8H16N2O2/c1-9-4-6-3-7(8(11)12)10(2)5-6/h6-7,9H,3-5H2,1-2H3,(H,11,12). The molecule has 0 spiro atoms. The van der Waals surface area contributed by atoms with Gasteiger partial charge in [0, 0.05) is 6.54 Å². The van der Waals surface area contributed by atoms with Gasteiger partial charge in [0.2, 0.25) is 0 Å². The normalized spacial score (nSPS) is 30.8. The van der Waals surface area contributed by atoms with Gasteiger partial charge in [-0.05, 0) is 33.0 Å². The Labute approximate surface area is 72.6 Å². The number of nitrogens with zero attached hydrogens (tertiary/aromatic N) is 1. The van der Waals surface area contributed by atoms with Crippen LogP contribution in [0.4, 0.5) is 0 Å². The first-order valence-electron chi connectivity index (χ1n) is 4.22. The SMILES string of the molecule is CNCC1CC(C(=O)O)N(C)C1. The molecule has 0 bridgehead atoms. The summed E-state index contributed by atoms with van der Waals surface area (Å²) in [5.41, 5.74) is 0. The molecular weight excluding hydrogens is 156 g/mol. The van der Waals surface area contributed by atoms with Crippen molar-refractivity contribution in [2.75, 3.05) is 27.2 Å². The van der Waals surface area contributed by atoms with Gasteiger partial charge >= 0.3 is 5.97 Å². The van der Waals surface area contributed by atoms with Crippen molar-refractivity contribution in [3.63, 3.8) is 0 Å². The van der Waals surface area contributed by atoms with Gasteiger partial charge in [-0.3, -0.25) is 9.69 Å². The van der Waals surface area contributed by atoms with E-state index in [0.717, 1.165) is 19.5 Å². The fourth-order valence-electron chi connectivity index (χ4n) is 1.83. The molecule has 0 aromatic rings. The zero-order valence-electron chi connectivity index (χ0n) is 7.58. The van der Waals surface area contributed by atoms with Crippen LogP contribution < -0.4 is 5.32 Å². The van der Waals surface area contributed by atoms with Crippen LogP contribution in [0.3, 0.4) is 0 Å². The maximum Gasteiger partial charge on any atom is 0.320 e. The van der Waals surface area contributed by atoms with E-state index in [1.54, 1.807) is 0 Å². The Kier molecular flexibility index (Phi) is 3.05. The topological polar surface area (TPSA) is 52.6 Å². The van der Waals surface area contributed by atoms with Gasteiger partial charge in [-0.1, -0.05) is 0 Å². The zero-order chi connectivity index (χ0) is 9.14. The summed E-state index contributed by atoms with van der Waals surface area (Å²) in [6.07, 6.45) is 0.771. The van der Waals surface area contributed by atoms with Gasteiger partial charge in [-0.2, -0.15) is 0 Å². The van der Waals surface area contributed by atoms with Gasteiger partial charge in [0.15, 0.2) is 0 Å². The fourth-order valence-corrected chi connectivity index (χ4v) is 1.83. The van der Waals surface area contributed by atoms with Crippen molar-refractivity contribution in [1.29, 1.82) is 0 Å². The molecule has 12 heavy (non-hydrogen) atoms. The first-order chi connectivity index (χ1) is 5.65. The summed E-state index contributed by atoms with van der Waals surface area (Å²) >= 11 is 0. The third-order valence-electron chi connectivity index (χ3n) is 2.41. The van der Waals surface area contributed by atoms with Gasteiger partial charge in [0.25, 0.3) is 0 Å². The second kappa shape index (κ2) is 3.87. The Balaban J connectivity index is 2.44. The summed E-state index contributed by atoms with van der Waals surface area (Å²) in [5.74, 6) is -0.211. The number of likely N-dealkylation sites (N-methyl/N-ethyl adjacent to an activating group) is 1. The molecule has 1 aliphatic rings. The van der Waals surface area contributed by atoms with E-state index in [1.165, 1.54) is 0 Å². The van der Waals surface area contributed by atoms with Crippen molar-refractivity contribution >= 4 is 5.97 Å². The lowest BCUT2D eigenvalue weighted by Gasteiger charge is -2.13. The van der Waals surface area contributed by atoms with Gasteiger partial charge in [-0.25, -0.2) is 0 Å². The number of hydrogen-bond acceptors (Lipinski definition) is 3. The Hall–Kier alpha value is -0.610. The Bertz CT molecular complexity index is 172. The van der Waals surface area contributed by atoms with E-state index in [2.05, 4.69) is 5.32 Å². The predicted molar refractivity (Wildman–Crippen MR) is 46.1 cm³/mol. The first kappa shape index (κ1) is 9.48. The zero-order valence-corrected chi connectivity index (χ0v) is 7.58. The Morgan fingerprint density at radius 2 is 2.42 bits per heavy atom. The van der Waals surface area contributed by atoms with Crippen LogP contribution in [0.1, 0.15) is 6.42 Å². The number of aliphatic carboxylic acids is 1. The molecule has 1 fully saturated rings. The van der Waals surface area contributed by atoms with Gasteiger partial charge in [0.1, 0.15) is 6.04 Å². The highest BCUT2D eigenvalue weighted by Crippen LogP contribution is 2.20. The monoisotopic (exact) mass is 172 g/mol. The van der Waals surface area contributed by atoms with E-state index in [0.29, 0.717) is 5.92 Å². The molecule has 4 heteroatoms. The Morgan fingerprint density at radius 1 is 1.75 bits per heavy atom. The molecule has 1 saturated heterocycles. The van der Waals surface area contributed by atoms with Crippen molar-refractivity contribution in [3.8, 4) is 0 Å². The highest BCUT2D eigenvalue weighted by molar-refractivity contribution is 5.73. The molecule has 0 radical (unpaired) electrons. The number of rotatable bonds is 3. The number of carboxylic acids is 1. The van der Waals surface area contributed by atoms with E-state index in [1.807, 2.05) is 19.0 Å². The van der Waals surface area contributed by atoms with Crippen LogP contribution in [0.2, 0.25) is 0 Å². The highest BCUT2D eigenvalue weighted by atomic mass is 16.4. The average Bonchev–Trinajstić information content (AvgIpc) is 2.32. The summed E-state index contributed by atoms with van der Waals surface area (Å²) in [4.78, 5) is 12.6. The van der Waals surface area contributed by atoms with E-state index in [9.17, 15) is 4.79 Å². The van der Waals surface area contributed by atoms with Crippen molar-refractivity contribution in [3.05, 3.63) is 0 Å². The molecule has 2 N–H and O–H groups in total. The molecule has 0 saturated carbocycles. The molecule has 1 aliphatic heterocycles. The van der Waals surface area contributed by atoms with Gasteiger partial charge in [-0.15, -0.1) is 0 Å². The van der Waals surface area contributed by atoms with Crippen LogP contribution in [0, 0.1) is 5.92 Å². The first-order valence-corrected chi connectivity index (χ1v) is 4.22. The summed E-state index contributed by atoms with van der Waals surface area (Å²) in [6, 6.07) is -0.275. The largest absolute Gasteiger partial charge is 0.480 e. The summed E-state index contributed by atoms with van der Waals surface area (Å²) < 4.78 is 0. The molecule has 2 atom stereocenters. The summed E-state index contributed by atoms with van der Waals surface area (Å²) in [7, 11) is 3.77. The third kappa shape index (κ3) is 1.95. The molecule has 2 unspecified atom stereocenters. The number of nitrogens with one attached hydrogen (secondary N) is 1. The van der Waals surface area contributed by atoms with Crippen LogP contribution in [0.25, 0.3) is 0 Å². The van der Waals surface area contributed by atoms with Gasteiger partial charge < -0.3 is 10.4 Å². The summed E-state index contributed by atoms with van der Waals surface area (Å²) in [6.45, 7) is 1.80. The van der Waals surface area contributed by atoms with Crippen LogP contribution >= 0.6 is 0 Å². The maximum atomic E-state index is 10.7. The quantitative estimate of drug-likeness (QED) is 0.609. The minimum atomic E-state index is -0.698. The molecule has 1 heterocycles. The second-order valence-electron chi connectivity index (χ2n) is 3.45. The van der Waals surface area contributed by atoms with Crippen molar-refractivity contribution < 1.29 is 9.90 Å². The number of carboxylic acid groups (broad SMARTS) is 1. The lowest BCUT2D eigenvalue weighted by atomic mass is 10.1.